The molecule has 0 aromatic carbocycles. The van der Waals surface area contributed by atoms with Crippen LogP contribution in [0.2, 0.25) is 0 Å². The van der Waals surface area contributed by atoms with Crippen molar-refractivity contribution in [2.75, 3.05) is 0 Å². The fraction of sp³-hybridized carbons (Fsp3) is 0.812. The Kier molecular flexibility index (Phi) is 11.3. The van der Waals surface area contributed by atoms with E-state index in [1.54, 1.807) is 0 Å². The molecule has 0 aromatic rings. The molecule has 0 fully saturated rings. The van der Waals surface area contributed by atoms with Crippen molar-refractivity contribution < 1.29 is 33.0 Å². The summed E-state index contributed by atoms with van der Waals surface area (Å²) in [5, 5.41) is 14.0. The molecular weight excluding hydrogens is 336 g/mol. The van der Waals surface area contributed by atoms with Crippen LogP contribution >= 0.6 is 0 Å². The lowest BCUT2D eigenvalue weighted by Gasteiger charge is -2.10. The van der Waals surface area contributed by atoms with Crippen molar-refractivity contribution >= 4 is 26.9 Å². The summed E-state index contributed by atoms with van der Waals surface area (Å²) < 4.78 is 23.8. The normalized spacial score (nSPS) is 12.7. The van der Waals surface area contributed by atoms with Gasteiger partial charge >= 0.3 is 11.9 Å². The Morgan fingerprint density at radius 3 is 1.71 bits per heavy atom. The molecule has 1 atom stereocenters. The van der Waals surface area contributed by atoms with E-state index in [1.165, 1.54) is 25.7 Å². The molecule has 2 N–H and O–H groups in total. The van der Waals surface area contributed by atoms with Gasteiger partial charge in [-0.1, -0.05) is 58.3 Å². The van der Waals surface area contributed by atoms with Gasteiger partial charge in [0.2, 0.25) is 15.0 Å². The molecule has 0 rings (SSSR count). The Morgan fingerprint density at radius 1 is 0.833 bits per heavy atom. The summed E-state index contributed by atoms with van der Waals surface area (Å²) in [4.78, 5) is 33.2. The van der Waals surface area contributed by atoms with Gasteiger partial charge in [0.1, 0.15) is 0 Å². The first-order valence-corrected chi connectivity index (χ1v) is 9.99. The van der Waals surface area contributed by atoms with Crippen LogP contribution in [0.5, 0.6) is 0 Å². The van der Waals surface area contributed by atoms with Gasteiger partial charge < -0.3 is 10.2 Å². The summed E-state index contributed by atoms with van der Waals surface area (Å²) in [6.45, 7) is 2.15. The van der Waals surface area contributed by atoms with Gasteiger partial charge in [-0.2, -0.15) is 0 Å². The molecule has 24 heavy (non-hydrogen) atoms. The largest absolute Gasteiger partial charge is 0.481 e. The second-order valence-electron chi connectivity index (χ2n) is 5.92. The highest BCUT2D eigenvalue weighted by Crippen LogP contribution is 2.15. The van der Waals surface area contributed by atoms with Crippen LogP contribution in [0.15, 0.2) is 0 Å². The number of rotatable bonds is 14. The third-order valence-electron chi connectivity index (χ3n) is 3.81. The molecule has 0 bridgehead atoms. The zero-order valence-corrected chi connectivity index (χ0v) is 15.0. The number of carboxylic acids is 2. The van der Waals surface area contributed by atoms with E-state index in [2.05, 4.69) is 6.92 Å². The van der Waals surface area contributed by atoms with Gasteiger partial charge in [-0.3, -0.25) is 14.4 Å². The molecule has 0 saturated heterocycles. The summed E-state index contributed by atoms with van der Waals surface area (Å²) in [6.07, 6.45) is 7.55. The maximum Gasteiger partial charge on any atom is 0.323 e. The van der Waals surface area contributed by atoms with Crippen molar-refractivity contribution in [1.29, 1.82) is 0 Å². The molecule has 7 nitrogen and oxygen atoms in total. The highest BCUT2D eigenvalue weighted by molar-refractivity contribution is 8.07. The first-order valence-electron chi connectivity index (χ1n) is 8.44. The zero-order valence-electron chi connectivity index (χ0n) is 14.2. The number of unbranched alkanes of at least 4 members (excludes halogenated alkanes) is 8. The molecule has 0 amide bonds. The van der Waals surface area contributed by atoms with Gasteiger partial charge in [-0.15, -0.1) is 0 Å². The van der Waals surface area contributed by atoms with Crippen molar-refractivity contribution in [1.82, 2.24) is 0 Å². The monoisotopic (exact) mass is 364 g/mol. The fourth-order valence-electron chi connectivity index (χ4n) is 2.37. The van der Waals surface area contributed by atoms with Gasteiger partial charge in [0, 0.05) is 6.42 Å². The van der Waals surface area contributed by atoms with Crippen molar-refractivity contribution in [3.05, 3.63) is 0 Å². The summed E-state index contributed by atoms with van der Waals surface area (Å²) in [6, 6.07) is 0. The highest BCUT2D eigenvalue weighted by Gasteiger charge is 2.39. The molecular formula is C16H28O7S. The fourth-order valence-corrected chi connectivity index (χ4v) is 3.74. The number of hydrogen-bond donors (Lipinski definition) is 2. The van der Waals surface area contributed by atoms with Gasteiger partial charge in [0.15, 0.2) is 5.25 Å². The van der Waals surface area contributed by atoms with Gasteiger partial charge in [0.05, 0.1) is 6.42 Å². The number of sulfone groups is 1. The van der Waals surface area contributed by atoms with Gasteiger partial charge in [0.25, 0.3) is 0 Å². The zero-order chi connectivity index (χ0) is 18.6. The molecule has 0 aliphatic heterocycles. The van der Waals surface area contributed by atoms with Gasteiger partial charge in [-0.25, -0.2) is 8.42 Å². The van der Waals surface area contributed by atoms with Gasteiger partial charge in [-0.05, 0) is 6.42 Å². The number of carbonyl (C=O) groups excluding carboxylic acids is 1. The Balaban J connectivity index is 4.16. The standard InChI is InChI=1S/C16H28O7S/c1-2-3-4-5-6-7-8-9-10-11-15(19)24(22,23)13(16(20)21)12-14(17)18/h13H,2-12H2,1H3,(H,17,18)(H,20,21). The van der Waals surface area contributed by atoms with E-state index < -0.39 is 38.6 Å². The molecule has 140 valence electrons. The third-order valence-corrected chi connectivity index (χ3v) is 5.77. The van der Waals surface area contributed by atoms with E-state index in [-0.39, 0.29) is 6.42 Å². The summed E-state index contributed by atoms with van der Waals surface area (Å²) in [5.41, 5.74) is 0. The van der Waals surface area contributed by atoms with E-state index in [1.807, 2.05) is 0 Å². The van der Waals surface area contributed by atoms with E-state index >= 15 is 0 Å². The van der Waals surface area contributed by atoms with E-state index in [9.17, 15) is 22.8 Å². The van der Waals surface area contributed by atoms with E-state index in [0.717, 1.165) is 19.3 Å². The van der Waals surface area contributed by atoms with Crippen LogP contribution in [0.25, 0.3) is 0 Å². The second kappa shape index (κ2) is 12.0. The van der Waals surface area contributed by atoms with Crippen LogP contribution in [0.3, 0.4) is 0 Å². The predicted molar refractivity (Wildman–Crippen MR) is 89.4 cm³/mol. The lowest BCUT2D eigenvalue weighted by molar-refractivity contribution is -0.143. The molecule has 0 radical (unpaired) electrons. The van der Waals surface area contributed by atoms with Crippen LogP contribution in [0, 0.1) is 0 Å². The first kappa shape index (κ1) is 22.6. The maximum atomic E-state index is 11.9. The molecule has 0 aliphatic rings. The number of aliphatic carboxylic acids is 2. The van der Waals surface area contributed by atoms with Crippen molar-refractivity contribution in [3.63, 3.8) is 0 Å². The Morgan fingerprint density at radius 2 is 1.29 bits per heavy atom. The van der Waals surface area contributed by atoms with Crippen molar-refractivity contribution in [2.24, 2.45) is 0 Å². The van der Waals surface area contributed by atoms with Crippen molar-refractivity contribution in [3.8, 4) is 0 Å². The summed E-state index contributed by atoms with van der Waals surface area (Å²) in [7, 11) is -4.62. The average molecular weight is 364 g/mol. The molecule has 0 aromatic heterocycles. The maximum absolute atomic E-state index is 11.9. The van der Waals surface area contributed by atoms with Crippen LogP contribution in [-0.2, 0) is 24.2 Å². The Bertz CT molecular complexity index is 511. The number of carboxylic acid groups (broad SMARTS) is 2. The quantitative estimate of drug-likeness (QED) is 0.454. The molecule has 0 saturated carbocycles. The minimum absolute atomic E-state index is 0.262. The van der Waals surface area contributed by atoms with E-state index in [0.29, 0.717) is 12.8 Å². The topological polar surface area (TPSA) is 126 Å². The number of hydrogen-bond acceptors (Lipinski definition) is 5. The molecule has 1 unspecified atom stereocenters. The Hall–Kier alpha value is -1.44. The molecule has 0 spiro atoms. The predicted octanol–water partition coefficient (Wildman–Crippen LogP) is 2.78. The minimum atomic E-state index is -4.62. The lowest BCUT2D eigenvalue weighted by Crippen LogP contribution is -2.37. The average Bonchev–Trinajstić information content (AvgIpc) is 2.50. The third kappa shape index (κ3) is 9.00. The lowest BCUT2D eigenvalue weighted by atomic mass is 10.1. The van der Waals surface area contributed by atoms with Crippen molar-refractivity contribution in [2.45, 2.75) is 82.8 Å². The molecule has 8 heteroatoms. The van der Waals surface area contributed by atoms with Crippen LogP contribution in [0.4, 0.5) is 0 Å². The van der Waals surface area contributed by atoms with Crippen LogP contribution < -0.4 is 0 Å². The molecule has 0 aliphatic carbocycles. The SMILES string of the molecule is CCCCCCCCCCCC(=O)S(=O)(=O)C(CC(=O)O)C(=O)O. The summed E-state index contributed by atoms with van der Waals surface area (Å²) in [5.74, 6) is -3.38. The number of carbonyl (C=O) groups is 3. The highest BCUT2D eigenvalue weighted by atomic mass is 32.2. The smallest absolute Gasteiger partial charge is 0.323 e. The second-order valence-corrected chi connectivity index (χ2v) is 8.03. The van der Waals surface area contributed by atoms with Crippen LogP contribution in [-0.4, -0.2) is 40.9 Å². The Labute approximate surface area is 143 Å². The van der Waals surface area contributed by atoms with Crippen LogP contribution in [0.1, 0.15) is 77.6 Å². The summed E-state index contributed by atoms with van der Waals surface area (Å²) >= 11 is 0. The van der Waals surface area contributed by atoms with E-state index in [4.69, 9.17) is 10.2 Å². The minimum Gasteiger partial charge on any atom is -0.481 e. The molecule has 0 heterocycles. The first-order chi connectivity index (χ1) is 11.2.